The minimum atomic E-state index is 0.149. The van der Waals surface area contributed by atoms with Crippen molar-refractivity contribution in [2.75, 3.05) is 6.61 Å². The Kier molecular flexibility index (Phi) is 6.57. The van der Waals surface area contributed by atoms with E-state index in [0.29, 0.717) is 31.0 Å². The van der Waals surface area contributed by atoms with E-state index in [4.69, 9.17) is 9.47 Å². The summed E-state index contributed by atoms with van der Waals surface area (Å²) in [5, 5.41) is 0. The van der Waals surface area contributed by atoms with E-state index in [1.54, 1.807) is 0 Å². The molecule has 1 fully saturated rings. The van der Waals surface area contributed by atoms with E-state index in [1.807, 2.05) is 17.8 Å². The Labute approximate surface area is 155 Å². The molecule has 0 aromatic heterocycles. The van der Waals surface area contributed by atoms with Gasteiger partial charge in [0.05, 0.1) is 19.3 Å². The van der Waals surface area contributed by atoms with E-state index in [1.165, 1.54) is 10.5 Å². The molecule has 0 N–H and O–H groups in total. The van der Waals surface area contributed by atoms with Gasteiger partial charge in [-0.3, -0.25) is 0 Å². The van der Waals surface area contributed by atoms with Crippen molar-refractivity contribution in [3.05, 3.63) is 66.2 Å². The lowest BCUT2D eigenvalue weighted by Gasteiger charge is -2.43. The van der Waals surface area contributed by atoms with Crippen LogP contribution in [0, 0.1) is 17.8 Å². The lowest BCUT2D eigenvalue weighted by atomic mass is 9.80. The van der Waals surface area contributed by atoms with Gasteiger partial charge < -0.3 is 9.47 Å². The number of rotatable bonds is 6. The molecule has 0 amide bonds. The van der Waals surface area contributed by atoms with Crippen molar-refractivity contribution in [2.24, 2.45) is 17.8 Å². The van der Waals surface area contributed by atoms with Gasteiger partial charge in [0, 0.05) is 4.90 Å². The zero-order chi connectivity index (χ0) is 17.6. The lowest BCUT2D eigenvalue weighted by Crippen LogP contribution is -2.45. The molecule has 3 heteroatoms. The first-order valence-corrected chi connectivity index (χ1v) is 10.0. The van der Waals surface area contributed by atoms with Gasteiger partial charge in [0.2, 0.25) is 0 Å². The maximum absolute atomic E-state index is 6.46. The average molecular weight is 357 g/mol. The Morgan fingerprint density at radius 3 is 2.16 bits per heavy atom. The van der Waals surface area contributed by atoms with Gasteiger partial charge in [-0.15, -0.1) is 0 Å². The van der Waals surface area contributed by atoms with Gasteiger partial charge in [0.15, 0.2) is 0 Å². The Morgan fingerprint density at radius 2 is 1.48 bits per heavy atom. The predicted octanol–water partition coefficient (Wildman–Crippen LogP) is 5.63. The summed E-state index contributed by atoms with van der Waals surface area (Å²) >= 11 is 1.83. The highest BCUT2D eigenvalue weighted by molar-refractivity contribution is 7.99. The molecule has 5 atom stereocenters. The molecule has 2 aromatic rings. The molecule has 134 valence electrons. The van der Waals surface area contributed by atoms with Gasteiger partial charge in [0.25, 0.3) is 0 Å². The van der Waals surface area contributed by atoms with Crippen LogP contribution in [0.4, 0.5) is 0 Å². The molecule has 1 saturated heterocycles. The van der Waals surface area contributed by atoms with Crippen LogP contribution in [0.15, 0.2) is 65.6 Å². The largest absolute Gasteiger partial charge is 0.374 e. The monoisotopic (exact) mass is 356 g/mol. The molecule has 2 unspecified atom stereocenters. The highest BCUT2D eigenvalue weighted by Gasteiger charge is 2.39. The molecule has 25 heavy (non-hydrogen) atoms. The zero-order valence-electron chi connectivity index (χ0n) is 15.3. The number of hydrogen-bond acceptors (Lipinski definition) is 3. The van der Waals surface area contributed by atoms with E-state index < -0.39 is 0 Å². The molecule has 0 aliphatic carbocycles. The topological polar surface area (TPSA) is 18.5 Å². The van der Waals surface area contributed by atoms with Crippen molar-refractivity contribution in [3.8, 4) is 0 Å². The Bertz CT molecular complexity index is 631. The minimum absolute atomic E-state index is 0.149. The SMILES string of the molecule is CC1[C@@H](C)[C@H](C)C(COCc2ccccc2)O[C@H]1Sc1ccccc1. The van der Waals surface area contributed by atoms with Crippen molar-refractivity contribution >= 4 is 11.8 Å². The molecular formula is C22H28O2S. The van der Waals surface area contributed by atoms with Crippen LogP contribution in [0.25, 0.3) is 0 Å². The molecule has 1 heterocycles. The smallest absolute Gasteiger partial charge is 0.111 e. The molecule has 0 radical (unpaired) electrons. The fourth-order valence-electron chi connectivity index (χ4n) is 3.31. The highest BCUT2D eigenvalue weighted by Crippen LogP contribution is 2.41. The van der Waals surface area contributed by atoms with Crippen LogP contribution in [0.3, 0.4) is 0 Å². The molecule has 3 rings (SSSR count). The Hall–Kier alpha value is -1.29. The van der Waals surface area contributed by atoms with Crippen molar-refractivity contribution in [2.45, 2.75) is 43.8 Å². The highest BCUT2D eigenvalue weighted by atomic mass is 32.2. The second-order valence-electron chi connectivity index (χ2n) is 7.05. The molecular weight excluding hydrogens is 328 g/mol. The number of thioether (sulfide) groups is 1. The van der Waals surface area contributed by atoms with E-state index in [2.05, 4.69) is 75.4 Å². The van der Waals surface area contributed by atoms with Crippen LogP contribution >= 0.6 is 11.8 Å². The standard InChI is InChI=1S/C22H28O2S/c1-16-17(2)21(15-23-14-19-10-6-4-7-11-19)24-22(18(16)3)25-20-12-8-5-9-13-20/h4-13,16-18,21-22H,14-15H2,1-3H3/t16-,17-,18?,21?,22-/m0/s1. The van der Waals surface area contributed by atoms with Gasteiger partial charge in [-0.2, -0.15) is 0 Å². The van der Waals surface area contributed by atoms with Crippen molar-refractivity contribution in [3.63, 3.8) is 0 Å². The van der Waals surface area contributed by atoms with E-state index in [9.17, 15) is 0 Å². The summed E-state index contributed by atoms with van der Waals surface area (Å²) in [7, 11) is 0. The first-order chi connectivity index (χ1) is 12.1. The molecule has 0 saturated carbocycles. The van der Waals surface area contributed by atoms with E-state index in [0.717, 1.165) is 0 Å². The molecule has 1 aliphatic heterocycles. The Balaban J connectivity index is 1.58. The van der Waals surface area contributed by atoms with Crippen LogP contribution < -0.4 is 0 Å². The number of hydrogen-bond donors (Lipinski definition) is 0. The van der Waals surface area contributed by atoms with Crippen LogP contribution in [0.2, 0.25) is 0 Å². The zero-order valence-corrected chi connectivity index (χ0v) is 16.1. The summed E-state index contributed by atoms with van der Waals surface area (Å²) in [4.78, 5) is 1.27. The predicted molar refractivity (Wildman–Crippen MR) is 105 cm³/mol. The third-order valence-electron chi connectivity index (χ3n) is 5.37. The quantitative estimate of drug-likeness (QED) is 0.668. The van der Waals surface area contributed by atoms with E-state index in [-0.39, 0.29) is 11.5 Å². The summed E-state index contributed by atoms with van der Waals surface area (Å²) < 4.78 is 12.4. The van der Waals surface area contributed by atoms with Gasteiger partial charge in [-0.25, -0.2) is 0 Å². The minimum Gasteiger partial charge on any atom is -0.374 e. The molecule has 0 spiro atoms. The van der Waals surface area contributed by atoms with Gasteiger partial charge >= 0.3 is 0 Å². The maximum Gasteiger partial charge on any atom is 0.111 e. The fraction of sp³-hybridized carbons (Fsp3) is 0.455. The van der Waals surface area contributed by atoms with Gasteiger partial charge in [-0.1, -0.05) is 81.1 Å². The summed E-state index contributed by atoms with van der Waals surface area (Å²) in [6, 6.07) is 20.9. The molecule has 1 aliphatic rings. The second kappa shape index (κ2) is 8.88. The average Bonchev–Trinajstić information content (AvgIpc) is 2.65. The van der Waals surface area contributed by atoms with Crippen LogP contribution in [0.5, 0.6) is 0 Å². The van der Waals surface area contributed by atoms with Crippen LogP contribution in [-0.4, -0.2) is 18.1 Å². The molecule has 2 nitrogen and oxygen atoms in total. The van der Waals surface area contributed by atoms with Gasteiger partial charge in [-0.05, 0) is 35.4 Å². The van der Waals surface area contributed by atoms with E-state index >= 15 is 0 Å². The van der Waals surface area contributed by atoms with Gasteiger partial charge in [0.1, 0.15) is 5.44 Å². The third-order valence-corrected chi connectivity index (χ3v) is 6.69. The van der Waals surface area contributed by atoms with Crippen LogP contribution in [-0.2, 0) is 16.1 Å². The van der Waals surface area contributed by atoms with Crippen molar-refractivity contribution in [1.29, 1.82) is 0 Å². The summed E-state index contributed by atoms with van der Waals surface area (Å²) in [5.74, 6) is 1.63. The van der Waals surface area contributed by atoms with Crippen molar-refractivity contribution < 1.29 is 9.47 Å². The first-order valence-electron chi connectivity index (χ1n) is 9.14. The molecule has 2 aromatic carbocycles. The van der Waals surface area contributed by atoms with Crippen molar-refractivity contribution in [1.82, 2.24) is 0 Å². The van der Waals surface area contributed by atoms with Crippen LogP contribution in [0.1, 0.15) is 26.3 Å². The summed E-state index contributed by atoms with van der Waals surface area (Å²) in [6.45, 7) is 8.25. The number of benzene rings is 2. The second-order valence-corrected chi connectivity index (χ2v) is 8.22. The number of ether oxygens (including phenoxy) is 2. The fourth-order valence-corrected chi connectivity index (χ4v) is 4.56. The maximum atomic E-state index is 6.46. The summed E-state index contributed by atoms with van der Waals surface area (Å²) in [5.41, 5.74) is 1.39. The molecule has 0 bridgehead atoms. The first kappa shape index (κ1) is 18.5. The summed E-state index contributed by atoms with van der Waals surface area (Å²) in [6.07, 6.45) is 0.149. The Morgan fingerprint density at radius 1 is 0.840 bits per heavy atom. The normalized spacial score (nSPS) is 29.5. The third kappa shape index (κ3) is 4.87. The lowest BCUT2D eigenvalue weighted by molar-refractivity contribution is -0.125.